The number of carboxylic acids is 1. The molecule has 7 heteroatoms. The van der Waals surface area contributed by atoms with Gasteiger partial charge in [-0.3, -0.25) is 9.59 Å². The molecule has 0 aliphatic carbocycles. The molecule has 1 aliphatic rings. The Morgan fingerprint density at radius 1 is 1.25 bits per heavy atom. The van der Waals surface area contributed by atoms with Gasteiger partial charge in [0.25, 0.3) is 0 Å². The van der Waals surface area contributed by atoms with E-state index in [0.29, 0.717) is 12.1 Å². The van der Waals surface area contributed by atoms with Crippen molar-refractivity contribution in [2.24, 2.45) is 0 Å². The Labute approximate surface area is 116 Å². The van der Waals surface area contributed by atoms with Gasteiger partial charge in [0, 0.05) is 5.69 Å². The van der Waals surface area contributed by atoms with Crippen LogP contribution in [0.25, 0.3) is 0 Å². The highest BCUT2D eigenvalue weighted by molar-refractivity contribution is 7.93. The molecule has 0 bridgehead atoms. The van der Waals surface area contributed by atoms with Crippen molar-refractivity contribution in [2.75, 3.05) is 17.2 Å². The zero-order valence-electron chi connectivity index (χ0n) is 10.7. The van der Waals surface area contributed by atoms with E-state index < -0.39 is 33.5 Å². The van der Waals surface area contributed by atoms with E-state index in [-0.39, 0.29) is 12.2 Å². The lowest BCUT2D eigenvalue weighted by atomic mass is 10.2. The Morgan fingerprint density at radius 2 is 1.90 bits per heavy atom. The smallest absolute Gasteiger partial charge is 0.323 e. The highest BCUT2D eigenvalue weighted by Gasteiger charge is 2.40. The van der Waals surface area contributed by atoms with Crippen LogP contribution in [0.2, 0.25) is 0 Å². The SMILES string of the molecule is O=C(O)CN(C(=O)C1CCCS1(=O)=O)c1ccccc1. The van der Waals surface area contributed by atoms with Crippen LogP contribution in [0.5, 0.6) is 0 Å². The van der Waals surface area contributed by atoms with E-state index in [1.807, 2.05) is 0 Å². The zero-order valence-corrected chi connectivity index (χ0v) is 11.5. The van der Waals surface area contributed by atoms with Crippen molar-refractivity contribution < 1.29 is 23.1 Å². The van der Waals surface area contributed by atoms with Gasteiger partial charge >= 0.3 is 5.97 Å². The molecule has 1 unspecified atom stereocenters. The van der Waals surface area contributed by atoms with Crippen LogP contribution < -0.4 is 4.90 Å². The van der Waals surface area contributed by atoms with Crippen LogP contribution in [0.1, 0.15) is 12.8 Å². The van der Waals surface area contributed by atoms with Crippen LogP contribution in [0.15, 0.2) is 30.3 Å². The van der Waals surface area contributed by atoms with Crippen molar-refractivity contribution in [2.45, 2.75) is 18.1 Å². The third-order valence-electron chi connectivity index (χ3n) is 3.23. The molecule has 0 saturated carbocycles. The van der Waals surface area contributed by atoms with E-state index in [4.69, 9.17) is 5.11 Å². The summed E-state index contributed by atoms with van der Waals surface area (Å²) in [5.74, 6) is -1.85. The topological polar surface area (TPSA) is 91.8 Å². The number of benzene rings is 1. The Kier molecular flexibility index (Phi) is 4.08. The summed E-state index contributed by atoms with van der Waals surface area (Å²) in [5, 5.41) is 7.80. The normalized spacial score (nSPS) is 20.5. The summed E-state index contributed by atoms with van der Waals surface area (Å²) in [4.78, 5) is 24.3. The minimum atomic E-state index is -3.46. The number of amides is 1. The van der Waals surface area contributed by atoms with Crippen molar-refractivity contribution in [3.63, 3.8) is 0 Å². The van der Waals surface area contributed by atoms with Crippen molar-refractivity contribution in [3.05, 3.63) is 30.3 Å². The molecule has 1 N–H and O–H groups in total. The molecule has 1 atom stereocenters. The lowest BCUT2D eigenvalue weighted by Crippen LogP contribution is -2.44. The number of carboxylic acid groups (broad SMARTS) is 1. The molecule has 20 heavy (non-hydrogen) atoms. The number of carbonyl (C=O) groups is 2. The molecule has 1 amide bonds. The quantitative estimate of drug-likeness (QED) is 0.882. The van der Waals surface area contributed by atoms with Gasteiger partial charge in [0.2, 0.25) is 5.91 Å². The molecule has 1 aromatic carbocycles. The number of para-hydroxylation sites is 1. The predicted molar refractivity (Wildman–Crippen MR) is 73.2 cm³/mol. The average Bonchev–Trinajstić information content (AvgIpc) is 2.75. The third-order valence-corrected chi connectivity index (χ3v) is 5.39. The Morgan fingerprint density at radius 3 is 2.40 bits per heavy atom. The molecule has 1 aromatic rings. The van der Waals surface area contributed by atoms with Crippen molar-refractivity contribution >= 4 is 27.4 Å². The summed E-state index contributed by atoms with van der Waals surface area (Å²) in [6.45, 7) is -0.547. The van der Waals surface area contributed by atoms with Crippen molar-refractivity contribution in [3.8, 4) is 0 Å². The average molecular weight is 297 g/mol. The molecule has 2 rings (SSSR count). The molecule has 1 heterocycles. The van der Waals surface area contributed by atoms with Gasteiger partial charge in [-0.05, 0) is 25.0 Å². The van der Waals surface area contributed by atoms with Crippen LogP contribution >= 0.6 is 0 Å². The minimum absolute atomic E-state index is 0.0148. The second kappa shape index (κ2) is 5.62. The fraction of sp³-hybridized carbons (Fsp3) is 0.385. The highest BCUT2D eigenvalue weighted by Crippen LogP contribution is 2.24. The van der Waals surface area contributed by atoms with Gasteiger partial charge in [0.05, 0.1) is 5.75 Å². The van der Waals surface area contributed by atoms with Crippen molar-refractivity contribution in [1.29, 1.82) is 0 Å². The Balaban J connectivity index is 2.32. The van der Waals surface area contributed by atoms with Crippen LogP contribution in [0.4, 0.5) is 5.69 Å². The van der Waals surface area contributed by atoms with Gasteiger partial charge in [0.1, 0.15) is 11.8 Å². The standard InChI is InChI=1S/C13H15NO5S/c15-12(16)9-14(10-5-2-1-3-6-10)13(17)11-7-4-8-20(11,18)19/h1-3,5-6,11H,4,7-9H2,(H,15,16). The summed E-state index contributed by atoms with van der Waals surface area (Å²) in [5.41, 5.74) is 0.391. The van der Waals surface area contributed by atoms with Crippen LogP contribution in [0, 0.1) is 0 Å². The Bertz CT molecular complexity index is 611. The molecular weight excluding hydrogens is 282 g/mol. The van der Waals surface area contributed by atoms with Gasteiger partial charge in [-0.25, -0.2) is 8.42 Å². The van der Waals surface area contributed by atoms with E-state index in [0.717, 1.165) is 4.90 Å². The molecular formula is C13H15NO5S. The first-order chi connectivity index (χ1) is 9.42. The maximum Gasteiger partial charge on any atom is 0.323 e. The van der Waals surface area contributed by atoms with E-state index in [1.54, 1.807) is 30.3 Å². The number of hydrogen-bond acceptors (Lipinski definition) is 4. The Hall–Kier alpha value is -1.89. The number of nitrogens with zero attached hydrogens (tertiary/aromatic N) is 1. The van der Waals surface area contributed by atoms with Crippen molar-refractivity contribution in [1.82, 2.24) is 0 Å². The van der Waals surface area contributed by atoms with Crippen LogP contribution in [0.3, 0.4) is 0 Å². The maximum atomic E-state index is 12.4. The molecule has 1 fully saturated rings. The fourth-order valence-electron chi connectivity index (χ4n) is 2.28. The first-order valence-electron chi connectivity index (χ1n) is 6.21. The van der Waals surface area contributed by atoms with E-state index in [2.05, 4.69) is 0 Å². The third kappa shape index (κ3) is 2.98. The molecule has 0 aromatic heterocycles. The van der Waals surface area contributed by atoms with Gasteiger partial charge in [-0.2, -0.15) is 0 Å². The zero-order chi connectivity index (χ0) is 14.8. The molecule has 0 spiro atoms. The van der Waals surface area contributed by atoms with E-state index >= 15 is 0 Å². The maximum absolute atomic E-state index is 12.4. The second-order valence-electron chi connectivity index (χ2n) is 4.65. The van der Waals surface area contributed by atoms with Crippen LogP contribution in [-0.2, 0) is 19.4 Å². The van der Waals surface area contributed by atoms with Gasteiger partial charge in [-0.15, -0.1) is 0 Å². The number of hydrogen-bond donors (Lipinski definition) is 1. The minimum Gasteiger partial charge on any atom is -0.480 e. The highest BCUT2D eigenvalue weighted by atomic mass is 32.2. The predicted octanol–water partition coefficient (Wildman–Crippen LogP) is 0.681. The van der Waals surface area contributed by atoms with Gasteiger partial charge in [0.15, 0.2) is 9.84 Å². The fourth-order valence-corrected chi connectivity index (χ4v) is 4.10. The lowest BCUT2D eigenvalue weighted by Gasteiger charge is -2.23. The van der Waals surface area contributed by atoms with Crippen LogP contribution in [-0.4, -0.2) is 42.9 Å². The largest absolute Gasteiger partial charge is 0.480 e. The summed E-state index contributed by atoms with van der Waals surface area (Å²) >= 11 is 0. The summed E-state index contributed by atoms with van der Waals surface area (Å²) < 4.78 is 23.7. The summed E-state index contributed by atoms with van der Waals surface area (Å²) in [6.07, 6.45) is 0.693. The van der Waals surface area contributed by atoms with E-state index in [1.165, 1.54) is 0 Å². The molecule has 108 valence electrons. The number of rotatable bonds is 4. The number of aliphatic carboxylic acids is 1. The summed E-state index contributed by atoms with van der Waals surface area (Å²) in [6, 6.07) is 8.24. The first kappa shape index (κ1) is 14.5. The summed E-state index contributed by atoms with van der Waals surface area (Å²) in [7, 11) is -3.46. The molecule has 0 radical (unpaired) electrons. The molecule has 1 aliphatic heterocycles. The number of sulfone groups is 1. The van der Waals surface area contributed by atoms with Gasteiger partial charge in [-0.1, -0.05) is 18.2 Å². The molecule has 6 nitrogen and oxygen atoms in total. The second-order valence-corrected chi connectivity index (χ2v) is 6.95. The first-order valence-corrected chi connectivity index (χ1v) is 7.93. The number of carbonyl (C=O) groups excluding carboxylic acids is 1. The molecule has 1 saturated heterocycles. The van der Waals surface area contributed by atoms with Gasteiger partial charge < -0.3 is 10.0 Å². The monoisotopic (exact) mass is 297 g/mol. The number of anilines is 1. The lowest BCUT2D eigenvalue weighted by molar-refractivity contribution is -0.136. The van der Waals surface area contributed by atoms with E-state index in [9.17, 15) is 18.0 Å².